The van der Waals surface area contributed by atoms with Crippen LogP contribution < -0.4 is 0 Å². The molecule has 0 aliphatic carbocycles. The van der Waals surface area contributed by atoms with Gasteiger partial charge in [-0.2, -0.15) is 0 Å². The van der Waals surface area contributed by atoms with E-state index in [1.807, 2.05) is 17.9 Å². The molecule has 140 valence electrons. The summed E-state index contributed by atoms with van der Waals surface area (Å²) >= 11 is 0. The molecule has 1 aliphatic heterocycles. The molecule has 1 unspecified atom stereocenters. The van der Waals surface area contributed by atoms with E-state index in [2.05, 4.69) is 18.0 Å². The van der Waals surface area contributed by atoms with Crippen LogP contribution in [-0.2, 0) is 0 Å². The number of aliphatic imine (C=N–C) groups is 1. The van der Waals surface area contributed by atoms with Crippen LogP contribution in [0.1, 0.15) is 97.3 Å². The first-order chi connectivity index (χ1) is 11.7. The van der Waals surface area contributed by atoms with Crippen LogP contribution in [-0.4, -0.2) is 35.2 Å². The molecule has 1 heterocycles. The van der Waals surface area contributed by atoms with Crippen molar-refractivity contribution < 1.29 is 5.11 Å². The Hall–Kier alpha value is -0.830. The average molecular weight is 337 g/mol. The van der Waals surface area contributed by atoms with Gasteiger partial charge in [-0.1, -0.05) is 83.6 Å². The Balaban J connectivity index is 1.86. The lowest BCUT2D eigenvalue weighted by molar-refractivity contribution is 0.00118. The number of unbranched alkanes of at least 4 members (excludes halogenated alkanes) is 12. The average Bonchev–Trinajstić information content (AvgIpc) is 3.10. The van der Waals surface area contributed by atoms with Crippen molar-refractivity contribution in [2.75, 3.05) is 13.1 Å². The fourth-order valence-electron chi connectivity index (χ4n) is 3.23. The fourth-order valence-corrected chi connectivity index (χ4v) is 3.23. The van der Waals surface area contributed by atoms with Gasteiger partial charge < -0.3 is 10.0 Å². The maximum absolute atomic E-state index is 10.4. The summed E-state index contributed by atoms with van der Waals surface area (Å²) in [6, 6.07) is 0. The van der Waals surface area contributed by atoms with Crippen molar-refractivity contribution in [2.45, 2.75) is 103 Å². The van der Waals surface area contributed by atoms with Crippen molar-refractivity contribution in [3.63, 3.8) is 0 Å². The van der Waals surface area contributed by atoms with E-state index in [0.717, 1.165) is 19.5 Å². The van der Waals surface area contributed by atoms with Crippen molar-refractivity contribution >= 4 is 6.34 Å². The van der Waals surface area contributed by atoms with Crippen molar-refractivity contribution in [1.82, 2.24) is 4.90 Å². The molecule has 3 nitrogen and oxygen atoms in total. The Labute approximate surface area is 150 Å². The lowest BCUT2D eigenvalue weighted by Crippen LogP contribution is -2.42. The highest BCUT2D eigenvalue weighted by molar-refractivity contribution is 5.58. The van der Waals surface area contributed by atoms with Gasteiger partial charge in [0.05, 0.1) is 12.9 Å². The Morgan fingerprint density at radius 3 is 2.00 bits per heavy atom. The lowest BCUT2D eigenvalue weighted by atomic mass is 10.0. The zero-order valence-corrected chi connectivity index (χ0v) is 16.2. The van der Waals surface area contributed by atoms with Crippen LogP contribution in [0.2, 0.25) is 0 Å². The SMILES string of the molecule is CCCCCCCCCCCCCCC=CC(C)(O)N1C=NCC1. The van der Waals surface area contributed by atoms with Crippen molar-refractivity contribution in [2.24, 2.45) is 4.99 Å². The number of aliphatic hydroxyl groups is 1. The number of hydrogen-bond donors (Lipinski definition) is 1. The van der Waals surface area contributed by atoms with Crippen LogP contribution in [0.3, 0.4) is 0 Å². The third-order valence-corrected chi connectivity index (χ3v) is 4.93. The summed E-state index contributed by atoms with van der Waals surface area (Å²) in [5, 5.41) is 10.4. The van der Waals surface area contributed by atoms with Crippen LogP contribution in [0, 0.1) is 0 Å². The molecular weight excluding hydrogens is 296 g/mol. The molecule has 0 radical (unpaired) electrons. The fraction of sp³-hybridized carbons (Fsp3) is 0.857. The molecule has 0 aromatic rings. The van der Waals surface area contributed by atoms with Crippen LogP contribution in [0.5, 0.6) is 0 Å². The second kappa shape index (κ2) is 13.5. The summed E-state index contributed by atoms with van der Waals surface area (Å²) < 4.78 is 0. The van der Waals surface area contributed by atoms with E-state index in [4.69, 9.17) is 0 Å². The van der Waals surface area contributed by atoms with Crippen molar-refractivity contribution in [1.29, 1.82) is 0 Å². The molecule has 1 rings (SSSR count). The molecule has 24 heavy (non-hydrogen) atoms. The van der Waals surface area contributed by atoms with E-state index in [9.17, 15) is 5.11 Å². The molecule has 0 spiro atoms. The highest BCUT2D eigenvalue weighted by Gasteiger charge is 2.25. The van der Waals surface area contributed by atoms with Gasteiger partial charge in [0, 0.05) is 6.54 Å². The van der Waals surface area contributed by atoms with Gasteiger partial charge in [0.2, 0.25) is 0 Å². The summed E-state index contributed by atoms with van der Waals surface area (Å²) in [7, 11) is 0. The first kappa shape index (κ1) is 21.2. The van der Waals surface area contributed by atoms with Crippen molar-refractivity contribution in [3.05, 3.63) is 12.2 Å². The van der Waals surface area contributed by atoms with Gasteiger partial charge in [-0.15, -0.1) is 0 Å². The third-order valence-electron chi connectivity index (χ3n) is 4.93. The van der Waals surface area contributed by atoms with E-state index in [1.54, 1.807) is 6.34 Å². The van der Waals surface area contributed by atoms with E-state index < -0.39 is 5.72 Å². The Morgan fingerprint density at radius 1 is 0.958 bits per heavy atom. The smallest absolute Gasteiger partial charge is 0.155 e. The molecule has 0 amide bonds. The van der Waals surface area contributed by atoms with Gasteiger partial charge in [0.25, 0.3) is 0 Å². The summed E-state index contributed by atoms with van der Waals surface area (Å²) in [5.41, 5.74) is -0.878. The molecule has 1 atom stereocenters. The molecule has 0 aromatic heterocycles. The molecule has 0 bridgehead atoms. The van der Waals surface area contributed by atoms with Gasteiger partial charge in [0.1, 0.15) is 0 Å². The van der Waals surface area contributed by atoms with Gasteiger partial charge in [0.15, 0.2) is 5.72 Å². The molecule has 3 heteroatoms. The molecule has 1 N–H and O–H groups in total. The maximum Gasteiger partial charge on any atom is 0.155 e. The maximum atomic E-state index is 10.4. The first-order valence-electron chi connectivity index (χ1n) is 10.3. The molecule has 0 saturated carbocycles. The summed E-state index contributed by atoms with van der Waals surface area (Å²) in [6.07, 6.45) is 23.5. The highest BCUT2D eigenvalue weighted by atomic mass is 16.3. The van der Waals surface area contributed by atoms with Gasteiger partial charge >= 0.3 is 0 Å². The summed E-state index contributed by atoms with van der Waals surface area (Å²) in [6.45, 7) is 5.72. The van der Waals surface area contributed by atoms with E-state index in [0.29, 0.717) is 0 Å². The number of allylic oxidation sites excluding steroid dienone is 1. The monoisotopic (exact) mass is 336 g/mol. The van der Waals surface area contributed by atoms with Crippen LogP contribution in [0.4, 0.5) is 0 Å². The lowest BCUT2D eigenvalue weighted by Gasteiger charge is -2.29. The van der Waals surface area contributed by atoms with Crippen LogP contribution >= 0.6 is 0 Å². The number of rotatable bonds is 15. The van der Waals surface area contributed by atoms with Gasteiger partial charge in [-0.05, 0) is 25.8 Å². The Bertz CT molecular complexity index is 350. The molecule has 1 aliphatic rings. The van der Waals surface area contributed by atoms with E-state index >= 15 is 0 Å². The first-order valence-corrected chi connectivity index (χ1v) is 10.3. The normalized spacial score (nSPS) is 17.0. The minimum atomic E-state index is -0.878. The second-order valence-electron chi connectivity index (χ2n) is 7.39. The molecular formula is C21H40N2O. The zero-order valence-electron chi connectivity index (χ0n) is 16.2. The Kier molecular flexibility index (Phi) is 11.9. The molecule has 0 aromatic carbocycles. The third kappa shape index (κ3) is 10.1. The van der Waals surface area contributed by atoms with E-state index in [-0.39, 0.29) is 0 Å². The highest BCUT2D eigenvalue weighted by Crippen LogP contribution is 2.16. The van der Waals surface area contributed by atoms with Crippen LogP contribution in [0.25, 0.3) is 0 Å². The summed E-state index contributed by atoms with van der Waals surface area (Å²) in [5.74, 6) is 0. The number of hydrogen-bond acceptors (Lipinski definition) is 3. The minimum Gasteiger partial charge on any atom is -0.368 e. The quantitative estimate of drug-likeness (QED) is 0.308. The van der Waals surface area contributed by atoms with Gasteiger partial charge in [-0.25, -0.2) is 0 Å². The minimum absolute atomic E-state index is 0.794. The standard InChI is InChI=1S/C21H40N2O/c1-3-4-5-6-7-8-9-10-11-12-13-14-15-16-17-21(2,24)23-19-18-22-20-23/h16-17,20,24H,3-15,18-19H2,1-2H3. The van der Waals surface area contributed by atoms with Crippen LogP contribution in [0.15, 0.2) is 17.1 Å². The number of nitrogens with zero attached hydrogens (tertiary/aromatic N) is 2. The second-order valence-corrected chi connectivity index (χ2v) is 7.39. The molecule has 0 saturated heterocycles. The predicted molar refractivity (Wildman–Crippen MR) is 106 cm³/mol. The molecule has 0 fully saturated rings. The van der Waals surface area contributed by atoms with Gasteiger partial charge in [-0.3, -0.25) is 4.99 Å². The van der Waals surface area contributed by atoms with Crippen molar-refractivity contribution in [3.8, 4) is 0 Å². The zero-order chi connectivity index (χ0) is 17.5. The predicted octanol–water partition coefficient (Wildman–Crippen LogP) is 5.69. The summed E-state index contributed by atoms with van der Waals surface area (Å²) in [4.78, 5) is 6.05. The topological polar surface area (TPSA) is 35.8 Å². The Morgan fingerprint density at radius 2 is 1.50 bits per heavy atom. The van der Waals surface area contributed by atoms with E-state index in [1.165, 1.54) is 77.0 Å². The largest absolute Gasteiger partial charge is 0.368 e.